The molecule has 13 heavy (non-hydrogen) atoms. The molecular weight excluding hydrogens is 171 g/mol. The molecule has 0 radical (unpaired) electrons. The van der Waals surface area contributed by atoms with E-state index in [2.05, 4.69) is 9.97 Å². The van der Waals surface area contributed by atoms with Gasteiger partial charge in [0.1, 0.15) is 12.0 Å². The van der Waals surface area contributed by atoms with Crippen LogP contribution < -0.4 is 10.6 Å². The molecule has 2 N–H and O–H groups in total. The largest absolute Gasteiger partial charge is 0.368 e. The summed E-state index contributed by atoms with van der Waals surface area (Å²) in [6.07, 6.45) is 1.42. The van der Waals surface area contributed by atoms with Crippen LogP contribution in [-0.4, -0.2) is 29.2 Å². The molecule has 0 amide bonds. The van der Waals surface area contributed by atoms with Crippen LogP contribution in [0.2, 0.25) is 0 Å². The lowest BCUT2D eigenvalue weighted by Gasteiger charge is -2.15. The first-order valence-electron chi connectivity index (χ1n) is 4.23. The maximum absolute atomic E-state index is 12.8. The summed E-state index contributed by atoms with van der Waals surface area (Å²) < 4.78 is 12.8. The van der Waals surface area contributed by atoms with Crippen molar-refractivity contribution in [2.24, 2.45) is 0 Å². The van der Waals surface area contributed by atoms with Gasteiger partial charge in [-0.25, -0.2) is 9.37 Å². The fraction of sp³-hybridized carbons (Fsp3) is 0.500. The Morgan fingerprint density at radius 2 is 2.46 bits per heavy atom. The summed E-state index contributed by atoms with van der Waals surface area (Å²) in [7, 11) is 0. The zero-order valence-corrected chi connectivity index (χ0v) is 7.15. The average Bonchev–Trinajstić information content (AvgIpc) is 2.52. The number of hydrogen-bond donors (Lipinski definition) is 1. The minimum Gasteiger partial charge on any atom is -0.368 e. The molecule has 1 aliphatic heterocycles. The summed E-state index contributed by atoms with van der Waals surface area (Å²) in [6.45, 7) is 1.12. The highest BCUT2D eigenvalue weighted by Crippen LogP contribution is 2.19. The van der Waals surface area contributed by atoms with E-state index < -0.39 is 6.17 Å². The van der Waals surface area contributed by atoms with Crippen molar-refractivity contribution in [2.75, 3.05) is 23.7 Å². The first kappa shape index (κ1) is 8.22. The van der Waals surface area contributed by atoms with E-state index in [0.29, 0.717) is 25.3 Å². The third kappa shape index (κ3) is 1.68. The second kappa shape index (κ2) is 3.16. The van der Waals surface area contributed by atoms with Gasteiger partial charge in [0.05, 0.1) is 6.54 Å². The highest BCUT2D eigenvalue weighted by Gasteiger charge is 2.22. The molecule has 5 heteroatoms. The van der Waals surface area contributed by atoms with E-state index in [-0.39, 0.29) is 5.95 Å². The van der Waals surface area contributed by atoms with Crippen LogP contribution in [-0.2, 0) is 0 Å². The number of nitrogens with zero attached hydrogens (tertiary/aromatic N) is 3. The number of rotatable bonds is 1. The van der Waals surface area contributed by atoms with Crippen molar-refractivity contribution >= 4 is 11.8 Å². The van der Waals surface area contributed by atoms with Crippen LogP contribution >= 0.6 is 0 Å². The van der Waals surface area contributed by atoms with Crippen LogP contribution in [0.25, 0.3) is 0 Å². The maximum atomic E-state index is 12.8. The normalized spacial score (nSPS) is 22.2. The Kier molecular flexibility index (Phi) is 2.00. The third-order valence-corrected chi connectivity index (χ3v) is 2.11. The number of hydrogen-bond acceptors (Lipinski definition) is 4. The lowest BCUT2D eigenvalue weighted by Crippen LogP contribution is -2.21. The molecule has 0 spiro atoms. The van der Waals surface area contributed by atoms with Crippen LogP contribution in [0.3, 0.4) is 0 Å². The number of aromatic nitrogens is 2. The van der Waals surface area contributed by atoms with Gasteiger partial charge in [-0.3, -0.25) is 0 Å². The molecule has 0 unspecified atom stereocenters. The quantitative estimate of drug-likeness (QED) is 0.691. The summed E-state index contributed by atoms with van der Waals surface area (Å²) >= 11 is 0. The Morgan fingerprint density at radius 3 is 3.08 bits per heavy atom. The van der Waals surface area contributed by atoms with Gasteiger partial charge < -0.3 is 10.6 Å². The predicted octanol–water partition coefficient (Wildman–Crippen LogP) is 0.607. The summed E-state index contributed by atoms with van der Waals surface area (Å²) in [5, 5.41) is 0. The molecule has 0 aromatic carbocycles. The minimum atomic E-state index is -0.740. The van der Waals surface area contributed by atoms with Gasteiger partial charge in [0, 0.05) is 12.7 Å². The van der Waals surface area contributed by atoms with Gasteiger partial charge in [-0.15, -0.1) is 0 Å². The predicted molar refractivity (Wildman–Crippen MR) is 48.2 cm³/mol. The topological polar surface area (TPSA) is 55.0 Å². The third-order valence-electron chi connectivity index (χ3n) is 2.11. The Labute approximate surface area is 75.6 Å². The highest BCUT2D eigenvalue weighted by atomic mass is 19.1. The molecule has 70 valence electrons. The number of halogens is 1. The van der Waals surface area contributed by atoms with Crippen molar-refractivity contribution in [3.8, 4) is 0 Å². The maximum Gasteiger partial charge on any atom is 0.221 e. The minimum absolute atomic E-state index is 0.236. The van der Waals surface area contributed by atoms with E-state index in [0.717, 1.165) is 0 Å². The fourth-order valence-corrected chi connectivity index (χ4v) is 1.47. The molecule has 4 nitrogen and oxygen atoms in total. The van der Waals surface area contributed by atoms with E-state index in [9.17, 15) is 4.39 Å². The van der Waals surface area contributed by atoms with Crippen molar-refractivity contribution in [2.45, 2.75) is 12.6 Å². The lowest BCUT2D eigenvalue weighted by atomic mass is 10.3. The SMILES string of the molecule is Nc1nccc(N2CC[C@@H](F)C2)n1. The van der Waals surface area contributed by atoms with Crippen LogP contribution in [0.5, 0.6) is 0 Å². The Hall–Kier alpha value is -1.39. The van der Waals surface area contributed by atoms with Gasteiger partial charge in [0.2, 0.25) is 5.95 Å². The molecule has 1 aromatic rings. The Morgan fingerprint density at radius 1 is 1.62 bits per heavy atom. The van der Waals surface area contributed by atoms with Crippen LogP contribution in [0, 0.1) is 0 Å². The van der Waals surface area contributed by atoms with Gasteiger partial charge >= 0.3 is 0 Å². The van der Waals surface area contributed by atoms with Gasteiger partial charge in [-0.05, 0) is 12.5 Å². The van der Waals surface area contributed by atoms with Crippen molar-refractivity contribution in [1.29, 1.82) is 0 Å². The summed E-state index contributed by atoms with van der Waals surface area (Å²) in [4.78, 5) is 9.67. The van der Waals surface area contributed by atoms with Crippen LogP contribution in [0.15, 0.2) is 12.3 Å². The lowest BCUT2D eigenvalue weighted by molar-refractivity contribution is 0.364. The molecule has 0 saturated carbocycles. The monoisotopic (exact) mass is 182 g/mol. The van der Waals surface area contributed by atoms with Crippen LogP contribution in [0.1, 0.15) is 6.42 Å². The molecule has 2 heterocycles. The fourth-order valence-electron chi connectivity index (χ4n) is 1.47. The first-order valence-corrected chi connectivity index (χ1v) is 4.23. The average molecular weight is 182 g/mol. The number of alkyl halides is 1. The molecule has 2 rings (SSSR count). The molecule has 1 saturated heterocycles. The second-order valence-corrected chi connectivity index (χ2v) is 3.11. The molecular formula is C8H11FN4. The zero-order chi connectivity index (χ0) is 9.26. The van der Waals surface area contributed by atoms with E-state index in [1.165, 1.54) is 0 Å². The Balaban J connectivity index is 2.16. The smallest absolute Gasteiger partial charge is 0.221 e. The number of nitrogens with two attached hydrogens (primary N) is 1. The van der Waals surface area contributed by atoms with Gasteiger partial charge in [0.15, 0.2) is 0 Å². The standard InChI is InChI=1S/C8H11FN4/c9-6-2-4-13(5-6)7-1-3-11-8(10)12-7/h1,3,6H,2,4-5H2,(H2,10,11,12)/t6-/m1/s1. The van der Waals surface area contributed by atoms with Crippen molar-refractivity contribution in [1.82, 2.24) is 9.97 Å². The number of nitrogen functional groups attached to an aromatic ring is 1. The molecule has 0 aliphatic carbocycles. The van der Waals surface area contributed by atoms with E-state index in [1.54, 1.807) is 12.3 Å². The van der Waals surface area contributed by atoms with Gasteiger partial charge in [0.25, 0.3) is 0 Å². The van der Waals surface area contributed by atoms with Crippen molar-refractivity contribution in [3.63, 3.8) is 0 Å². The highest BCUT2D eigenvalue weighted by molar-refractivity contribution is 5.42. The molecule has 1 aromatic heterocycles. The Bertz CT molecular complexity index is 304. The summed E-state index contributed by atoms with van der Waals surface area (Å²) in [5.74, 6) is 0.951. The second-order valence-electron chi connectivity index (χ2n) is 3.11. The zero-order valence-electron chi connectivity index (χ0n) is 7.15. The van der Waals surface area contributed by atoms with Crippen molar-refractivity contribution < 1.29 is 4.39 Å². The van der Waals surface area contributed by atoms with E-state index >= 15 is 0 Å². The molecule has 1 atom stereocenters. The van der Waals surface area contributed by atoms with Crippen LogP contribution in [0.4, 0.5) is 16.2 Å². The van der Waals surface area contributed by atoms with Gasteiger partial charge in [-0.2, -0.15) is 4.98 Å². The van der Waals surface area contributed by atoms with E-state index in [1.807, 2.05) is 4.90 Å². The molecule has 1 fully saturated rings. The van der Waals surface area contributed by atoms with Crippen molar-refractivity contribution in [3.05, 3.63) is 12.3 Å². The first-order chi connectivity index (χ1) is 6.25. The molecule has 1 aliphatic rings. The van der Waals surface area contributed by atoms with Gasteiger partial charge in [-0.1, -0.05) is 0 Å². The number of anilines is 2. The summed E-state index contributed by atoms with van der Waals surface area (Å²) in [6, 6.07) is 1.74. The van der Waals surface area contributed by atoms with E-state index in [4.69, 9.17) is 5.73 Å². The summed E-state index contributed by atoms with van der Waals surface area (Å²) in [5.41, 5.74) is 5.42. The molecule has 0 bridgehead atoms.